The lowest BCUT2D eigenvalue weighted by Crippen LogP contribution is -2.48. The Morgan fingerprint density at radius 1 is 1.28 bits per heavy atom. The van der Waals surface area contributed by atoms with E-state index in [1.807, 2.05) is 0 Å². The fourth-order valence-corrected chi connectivity index (χ4v) is 6.29. The van der Waals surface area contributed by atoms with Gasteiger partial charge in [-0.05, 0) is 45.6 Å². The van der Waals surface area contributed by atoms with E-state index in [-0.39, 0.29) is 41.0 Å². The summed E-state index contributed by atoms with van der Waals surface area (Å²) in [6, 6.07) is 1.10. The number of carbonyl (C=O) groups excluding carboxylic acids is 1. The third-order valence-corrected chi connectivity index (χ3v) is 8.32. The summed E-state index contributed by atoms with van der Waals surface area (Å²) >= 11 is 0.985. The van der Waals surface area contributed by atoms with E-state index in [1.54, 1.807) is 6.92 Å². The number of thioether (sulfide) groups is 1. The van der Waals surface area contributed by atoms with Crippen LogP contribution in [0.3, 0.4) is 0 Å². The largest absolute Gasteiger partial charge is 0.447 e. The van der Waals surface area contributed by atoms with Crippen molar-refractivity contribution < 1.29 is 18.0 Å². The summed E-state index contributed by atoms with van der Waals surface area (Å²) in [6.07, 6.45) is 8.68. The third kappa shape index (κ3) is 5.16. The molecule has 0 radical (unpaired) electrons. The number of hydrogen-bond acceptors (Lipinski definition) is 8. The van der Waals surface area contributed by atoms with Crippen molar-refractivity contribution in [1.82, 2.24) is 29.6 Å². The SMILES string of the molecule is Cc1ncc(C(=O)NCC#Cc2nc3c(N[C@@H]4CC[C@@H]5CC[C@H]4N5C)nccn3c2SC(F)(F)F)s1. The van der Waals surface area contributed by atoms with E-state index in [9.17, 15) is 18.0 Å². The second-order valence-electron chi connectivity index (χ2n) is 8.80. The van der Waals surface area contributed by atoms with Gasteiger partial charge in [-0.1, -0.05) is 5.92 Å². The van der Waals surface area contributed by atoms with Gasteiger partial charge in [-0.25, -0.2) is 15.0 Å². The van der Waals surface area contributed by atoms with Gasteiger partial charge in [-0.2, -0.15) is 13.2 Å². The van der Waals surface area contributed by atoms with Crippen molar-refractivity contribution >= 4 is 40.5 Å². The van der Waals surface area contributed by atoms with Gasteiger partial charge in [0, 0.05) is 42.3 Å². The van der Waals surface area contributed by atoms with Crippen LogP contribution in [0, 0.1) is 18.8 Å². The highest BCUT2D eigenvalue weighted by Gasteiger charge is 2.40. The first-order chi connectivity index (χ1) is 17.2. The summed E-state index contributed by atoms with van der Waals surface area (Å²) in [4.78, 5) is 27.9. The maximum Gasteiger partial charge on any atom is 0.447 e. The molecule has 2 bridgehead atoms. The normalized spacial score (nSPS) is 21.9. The molecule has 2 saturated heterocycles. The van der Waals surface area contributed by atoms with Crippen LogP contribution in [0.5, 0.6) is 0 Å². The number of nitrogens with one attached hydrogen (secondary N) is 2. The van der Waals surface area contributed by atoms with Gasteiger partial charge in [0.25, 0.3) is 5.91 Å². The standard InChI is InChI=1S/C23H24F3N7OS2/c1-13-29-12-18(35-13)21(34)28-9-3-4-16-22(36-23(24,25)26)33-11-10-27-19(20(33)31-16)30-15-7-5-14-6-8-17(15)32(14)2/h10-12,14-15,17H,5-9H2,1-2H3,(H,27,30)(H,28,34)/t14-,15-,17-/m1/s1. The number of piperidine rings is 1. The number of aryl methyl sites for hydroxylation is 1. The molecule has 3 aromatic rings. The van der Waals surface area contributed by atoms with Crippen LogP contribution in [0.4, 0.5) is 19.0 Å². The first-order valence-electron chi connectivity index (χ1n) is 11.5. The molecule has 0 saturated carbocycles. The molecule has 190 valence electrons. The lowest BCUT2D eigenvalue weighted by atomic mass is 9.98. The van der Waals surface area contributed by atoms with Gasteiger partial charge >= 0.3 is 5.51 Å². The molecule has 0 unspecified atom stereocenters. The summed E-state index contributed by atoms with van der Waals surface area (Å²) < 4.78 is 41.6. The van der Waals surface area contributed by atoms with Crippen molar-refractivity contribution in [3.8, 4) is 11.8 Å². The molecule has 0 aliphatic carbocycles. The molecule has 8 nitrogen and oxygen atoms in total. The fraction of sp³-hybridized carbons (Fsp3) is 0.478. The maximum atomic E-state index is 13.4. The number of alkyl halides is 3. The van der Waals surface area contributed by atoms with Crippen LogP contribution in [0.1, 0.15) is 46.1 Å². The molecule has 2 fully saturated rings. The highest BCUT2D eigenvalue weighted by molar-refractivity contribution is 8.00. The molecule has 2 aliphatic heterocycles. The van der Waals surface area contributed by atoms with Gasteiger partial charge in [-0.3, -0.25) is 14.1 Å². The van der Waals surface area contributed by atoms with Crippen molar-refractivity contribution in [1.29, 1.82) is 0 Å². The zero-order chi connectivity index (χ0) is 25.4. The Balaban J connectivity index is 1.40. The van der Waals surface area contributed by atoms with E-state index < -0.39 is 5.51 Å². The predicted octanol–water partition coefficient (Wildman–Crippen LogP) is 3.92. The number of fused-ring (bicyclic) bond motifs is 3. The van der Waals surface area contributed by atoms with Crippen LogP contribution in [0.2, 0.25) is 0 Å². The lowest BCUT2D eigenvalue weighted by Gasteiger charge is -2.38. The average Bonchev–Trinajstić information content (AvgIpc) is 3.46. The number of carbonyl (C=O) groups is 1. The molecule has 13 heteroatoms. The summed E-state index contributed by atoms with van der Waals surface area (Å²) in [7, 11) is 2.13. The van der Waals surface area contributed by atoms with Gasteiger partial charge in [0.15, 0.2) is 11.5 Å². The molecular weight excluding hydrogens is 511 g/mol. The number of aromatic nitrogens is 4. The zero-order valence-corrected chi connectivity index (χ0v) is 21.2. The first kappa shape index (κ1) is 24.9. The van der Waals surface area contributed by atoms with E-state index in [4.69, 9.17) is 0 Å². The highest BCUT2D eigenvalue weighted by Crippen LogP contribution is 2.40. The van der Waals surface area contributed by atoms with Crippen LogP contribution in [0.25, 0.3) is 5.65 Å². The number of likely N-dealkylation sites (N-methyl/N-ethyl adjacent to an activating group) is 1. The molecule has 5 heterocycles. The van der Waals surface area contributed by atoms with Gasteiger partial charge in [0.1, 0.15) is 15.6 Å². The molecular formula is C23H24F3N7OS2. The number of halogens is 3. The fourth-order valence-electron chi connectivity index (χ4n) is 4.93. The minimum absolute atomic E-state index is 0.0158. The van der Waals surface area contributed by atoms with Gasteiger partial charge < -0.3 is 10.6 Å². The number of rotatable bonds is 5. The van der Waals surface area contributed by atoms with Crippen LogP contribution < -0.4 is 10.6 Å². The van der Waals surface area contributed by atoms with E-state index in [2.05, 4.69) is 49.4 Å². The van der Waals surface area contributed by atoms with E-state index >= 15 is 0 Å². The van der Waals surface area contributed by atoms with Crippen molar-refractivity contribution in [3.63, 3.8) is 0 Å². The molecule has 1 amide bonds. The Hall–Kier alpha value is -2.82. The Labute approximate surface area is 214 Å². The number of nitrogens with zero attached hydrogens (tertiary/aromatic N) is 5. The van der Waals surface area contributed by atoms with Gasteiger partial charge in [-0.15, -0.1) is 11.3 Å². The Morgan fingerprint density at radius 2 is 2.08 bits per heavy atom. The third-order valence-electron chi connectivity index (χ3n) is 6.59. The molecule has 2 N–H and O–H groups in total. The molecule has 2 aliphatic rings. The van der Waals surface area contributed by atoms with E-state index in [0.717, 1.165) is 30.7 Å². The molecule has 0 spiro atoms. The zero-order valence-electron chi connectivity index (χ0n) is 19.6. The summed E-state index contributed by atoms with van der Waals surface area (Å²) in [6.45, 7) is 1.75. The minimum atomic E-state index is -4.52. The number of amides is 1. The topological polar surface area (TPSA) is 87.4 Å². The van der Waals surface area contributed by atoms with Crippen molar-refractivity contribution in [2.75, 3.05) is 18.9 Å². The second kappa shape index (κ2) is 9.91. The van der Waals surface area contributed by atoms with Crippen LogP contribution in [0.15, 0.2) is 23.6 Å². The van der Waals surface area contributed by atoms with E-state index in [1.165, 1.54) is 34.3 Å². The maximum absolute atomic E-state index is 13.4. The Bertz CT molecular complexity index is 1340. The first-order valence-corrected chi connectivity index (χ1v) is 13.1. The Morgan fingerprint density at radius 3 is 2.83 bits per heavy atom. The quantitative estimate of drug-likeness (QED) is 0.378. The lowest BCUT2D eigenvalue weighted by molar-refractivity contribution is -0.0330. The molecule has 0 aromatic carbocycles. The molecule has 5 rings (SSSR count). The smallest absolute Gasteiger partial charge is 0.363 e. The number of thiazole rings is 1. The number of imidazole rings is 1. The molecule has 36 heavy (non-hydrogen) atoms. The average molecular weight is 536 g/mol. The number of anilines is 1. The van der Waals surface area contributed by atoms with Crippen molar-refractivity contribution in [2.45, 2.75) is 61.3 Å². The minimum Gasteiger partial charge on any atom is -0.363 e. The van der Waals surface area contributed by atoms with Crippen LogP contribution >= 0.6 is 23.1 Å². The van der Waals surface area contributed by atoms with Gasteiger partial charge in [0.05, 0.1) is 17.7 Å². The van der Waals surface area contributed by atoms with E-state index in [0.29, 0.717) is 28.4 Å². The summed E-state index contributed by atoms with van der Waals surface area (Å²) in [5, 5.41) is 6.71. The van der Waals surface area contributed by atoms with Crippen LogP contribution in [-0.2, 0) is 0 Å². The van der Waals surface area contributed by atoms with Gasteiger partial charge in [0.2, 0.25) is 0 Å². The second-order valence-corrected chi connectivity index (χ2v) is 11.1. The Kier molecular flexibility index (Phi) is 6.84. The molecule has 3 atom stereocenters. The van der Waals surface area contributed by atoms with Crippen molar-refractivity contribution in [2.24, 2.45) is 0 Å². The van der Waals surface area contributed by atoms with Crippen LogP contribution in [-0.4, -0.2) is 67.4 Å². The monoisotopic (exact) mass is 535 g/mol. The predicted molar refractivity (Wildman–Crippen MR) is 132 cm³/mol. The summed E-state index contributed by atoms with van der Waals surface area (Å²) in [5.74, 6) is 5.53. The molecule has 3 aromatic heterocycles. The highest BCUT2D eigenvalue weighted by atomic mass is 32.2. The number of hydrogen-bond donors (Lipinski definition) is 2. The van der Waals surface area contributed by atoms with Crippen molar-refractivity contribution in [3.05, 3.63) is 34.2 Å². The summed E-state index contributed by atoms with van der Waals surface area (Å²) in [5.41, 5.74) is -4.25.